The number of carbonyl (C=O) groups excluding carboxylic acids is 1. The van der Waals surface area contributed by atoms with Crippen molar-refractivity contribution >= 4 is 33.8 Å². The largest absolute Gasteiger partial charge is 0.507 e. The molecule has 0 unspecified atom stereocenters. The molecular weight excluding hydrogens is 412 g/mol. The van der Waals surface area contributed by atoms with E-state index in [-0.39, 0.29) is 28.8 Å². The Morgan fingerprint density at radius 2 is 1.85 bits per heavy atom. The Morgan fingerprint density at radius 1 is 1.19 bits per heavy atom. The third-order valence-electron chi connectivity index (χ3n) is 3.95. The number of ketones is 1. The van der Waals surface area contributed by atoms with Gasteiger partial charge in [0.05, 0.1) is 17.2 Å². The molecule has 0 saturated carbocycles. The van der Waals surface area contributed by atoms with Gasteiger partial charge < -0.3 is 14.9 Å². The average molecular weight is 433 g/mol. The first-order valence-corrected chi connectivity index (χ1v) is 9.16. The molecule has 0 amide bonds. The third kappa shape index (κ3) is 4.77. The highest BCUT2D eigenvalue weighted by atomic mass is 79.9. The lowest BCUT2D eigenvalue weighted by Gasteiger charge is -2.18. The molecule has 2 aromatic carbocycles. The summed E-state index contributed by atoms with van der Waals surface area (Å²) < 4.78 is 6.49. The number of hydrogen-bond donors (Lipinski definition) is 2. The number of carbonyl (C=O) groups is 2. The number of rotatable bonds is 6. The number of carboxylic acid groups (broad SMARTS) is 1. The van der Waals surface area contributed by atoms with Crippen molar-refractivity contribution in [3.8, 4) is 11.5 Å². The van der Waals surface area contributed by atoms with E-state index in [1.54, 1.807) is 32.1 Å². The Bertz CT molecular complexity index is 929. The first-order chi connectivity index (χ1) is 12.6. The van der Waals surface area contributed by atoms with Crippen molar-refractivity contribution < 1.29 is 24.5 Å². The molecule has 5 nitrogen and oxygen atoms in total. The maximum absolute atomic E-state index is 12.4. The van der Waals surface area contributed by atoms with E-state index >= 15 is 0 Å². The van der Waals surface area contributed by atoms with Crippen LogP contribution in [-0.2, 0) is 0 Å². The van der Waals surface area contributed by atoms with Crippen LogP contribution in [0.2, 0.25) is 0 Å². The van der Waals surface area contributed by atoms with Crippen LogP contribution in [0.25, 0.3) is 6.08 Å². The molecular formula is C21H21BrO5. The van der Waals surface area contributed by atoms with Crippen LogP contribution in [-0.4, -0.2) is 28.1 Å². The number of phenolic OH excluding ortho intramolecular Hbond substituents is 1. The summed E-state index contributed by atoms with van der Waals surface area (Å²) in [7, 11) is 0. The summed E-state index contributed by atoms with van der Waals surface area (Å²) in [4.78, 5) is 24.0. The third-order valence-corrected chi connectivity index (χ3v) is 4.44. The van der Waals surface area contributed by atoms with Crippen molar-refractivity contribution in [1.29, 1.82) is 0 Å². The fourth-order valence-corrected chi connectivity index (χ4v) is 3.16. The molecule has 0 aromatic heterocycles. The van der Waals surface area contributed by atoms with Gasteiger partial charge in [-0.1, -0.05) is 15.9 Å². The molecule has 0 radical (unpaired) electrons. The molecule has 27 heavy (non-hydrogen) atoms. The standard InChI is InChI=1S/C21H21BrO5/c1-11(2)27-20-13(4)19(21(25)26)12(3)9-14(20)5-8-17(23)16-7-6-15(22)10-18(16)24/h5-11,24H,1-4H3,(H,25,26). The van der Waals surface area contributed by atoms with Gasteiger partial charge in [-0.3, -0.25) is 4.79 Å². The van der Waals surface area contributed by atoms with Crippen molar-refractivity contribution in [3.63, 3.8) is 0 Å². The highest BCUT2D eigenvalue weighted by Crippen LogP contribution is 2.32. The predicted octanol–water partition coefficient (Wildman–Crippen LogP) is 5.15. The lowest BCUT2D eigenvalue weighted by atomic mass is 9.97. The fraction of sp³-hybridized carbons (Fsp3) is 0.238. The number of hydrogen-bond acceptors (Lipinski definition) is 4. The van der Waals surface area contributed by atoms with E-state index in [0.717, 1.165) is 0 Å². The molecule has 0 fully saturated rings. The van der Waals surface area contributed by atoms with E-state index in [2.05, 4.69) is 15.9 Å². The summed E-state index contributed by atoms with van der Waals surface area (Å²) in [6.07, 6.45) is 2.75. The minimum atomic E-state index is -1.02. The van der Waals surface area contributed by atoms with Gasteiger partial charge in [0.25, 0.3) is 0 Å². The molecule has 2 aromatic rings. The smallest absolute Gasteiger partial charge is 0.336 e. The minimum absolute atomic E-state index is 0.119. The topological polar surface area (TPSA) is 83.8 Å². The quantitative estimate of drug-likeness (QED) is 0.486. The molecule has 2 rings (SSSR count). The van der Waals surface area contributed by atoms with Gasteiger partial charge >= 0.3 is 5.97 Å². The first kappa shape index (κ1) is 20.7. The summed E-state index contributed by atoms with van der Waals surface area (Å²) in [5, 5.41) is 19.4. The van der Waals surface area contributed by atoms with Gasteiger partial charge in [-0.15, -0.1) is 0 Å². The number of halogens is 1. The van der Waals surface area contributed by atoms with Gasteiger partial charge in [-0.05, 0) is 69.7 Å². The van der Waals surface area contributed by atoms with Crippen LogP contribution in [0.3, 0.4) is 0 Å². The number of allylic oxidation sites excluding steroid dienone is 1. The van der Waals surface area contributed by atoms with E-state index in [9.17, 15) is 19.8 Å². The molecule has 2 N–H and O–H groups in total. The second-order valence-electron chi connectivity index (χ2n) is 6.44. The zero-order valence-corrected chi connectivity index (χ0v) is 17.1. The molecule has 0 aliphatic rings. The van der Waals surface area contributed by atoms with Crippen LogP contribution in [0.4, 0.5) is 0 Å². The normalized spacial score (nSPS) is 11.2. The number of aryl methyl sites for hydroxylation is 1. The van der Waals surface area contributed by atoms with Crippen molar-refractivity contribution in [3.05, 3.63) is 62.6 Å². The second-order valence-corrected chi connectivity index (χ2v) is 7.36. The molecule has 0 bridgehead atoms. The highest BCUT2D eigenvalue weighted by molar-refractivity contribution is 9.10. The Hall–Kier alpha value is -2.60. The predicted molar refractivity (Wildman–Crippen MR) is 108 cm³/mol. The summed E-state index contributed by atoms with van der Waals surface area (Å²) in [6.45, 7) is 7.08. The molecule has 0 atom stereocenters. The maximum atomic E-state index is 12.4. The highest BCUT2D eigenvalue weighted by Gasteiger charge is 2.19. The van der Waals surface area contributed by atoms with E-state index in [0.29, 0.717) is 26.9 Å². The molecule has 142 valence electrons. The van der Waals surface area contributed by atoms with E-state index < -0.39 is 5.97 Å². The van der Waals surface area contributed by atoms with Crippen LogP contribution in [0.1, 0.15) is 51.3 Å². The van der Waals surface area contributed by atoms with Gasteiger partial charge in [0.1, 0.15) is 11.5 Å². The minimum Gasteiger partial charge on any atom is -0.507 e. The van der Waals surface area contributed by atoms with Gasteiger partial charge in [-0.25, -0.2) is 4.79 Å². The van der Waals surface area contributed by atoms with Crippen LogP contribution in [0, 0.1) is 13.8 Å². The number of aromatic hydroxyl groups is 1. The Morgan fingerprint density at radius 3 is 2.41 bits per heavy atom. The van der Waals surface area contributed by atoms with Gasteiger partial charge in [0.2, 0.25) is 0 Å². The monoisotopic (exact) mass is 432 g/mol. The number of benzene rings is 2. The van der Waals surface area contributed by atoms with Crippen molar-refractivity contribution in [2.75, 3.05) is 0 Å². The summed E-state index contributed by atoms with van der Waals surface area (Å²) in [5.74, 6) is -1.08. The lowest BCUT2D eigenvalue weighted by molar-refractivity contribution is 0.0694. The van der Waals surface area contributed by atoms with E-state index in [4.69, 9.17) is 4.74 Å². The maximum Gasteiger partial charge on any atom is 0.336 e. The van der Waals surface area contributed by atoms with Crippen molar-refractivity contribution in [1.82, 2.24) is 0 Å². The SMILES string of the molecule is Cc1cc(C=CC(=O)c2ccc(Br)cc2O)c(OC(C)C)c(C)c1C(=O)O. The van der Waals surface area contributed by atoms with Crippen molar-refractivity contribution in [2.45, 2.75) is 33.8 Å². The Labute approximate surface area is 166 Å². The van der Waals surface area contributed by atoms with Gasteiger partial charge in [-0.2, -0.15) is 0 Å². The summed E-state index contributed by atoms with van der Waals surface area (Å²) in [6, 6.07) is 6.33. The molecule has 0 saturated heterocycles. The summed E-state index contributed by atoms with van der Waals surface area (Å²) in [5.41, 5.74) is 2.06. The second kappa shape index (κ2) is 8.39. The van der Waals surface area contributed by atoms with Crippen molar-refractivity contribution in [2.24, 2.45) is 0 Å². The number of carboxylic acids is 1. The molecule has 0 heterocycles. The average Bonchev–Trinajstić information content (AvgIpc) is 2.54. The zero-order chi connectivity index (χ0) is 20.3. The lowest BCUT2D eigenvalue weighted by Crippen LogP contribution is -2.12. The number of aromatic carboxylic acids is 1. The van der Waals surface area contributed by atoms with Crippen LogP contribution >= 0.6 is 15.9 Å². The Kier molecular flexibility index (Phi) is 6.44. The van der Waals surface area contributed by atoms with Gasteiger partial charge in [0.15, 0.2) is 5.78 Å². The molecule has 6 heteroatoms. The molecule has 0 spiro atoms. The Balaban J connectivity index is 2.49. The van der Waals surface area contributed by atoms with Crippen LogP contribution in [0.15, 0.2) is 34.8 Å². The van der Waals surface area contributed by atoms with Gasteiger partial charge in [0, 0.05) is 15.6 Å². The summed E-state index contributed by atoms with van der Waals surface area (Å²) >= 11 is 3.23. The first-order valence-electron chi connectivity index (χ1n) is 8.37. The van der Waals surface area contributed by atoms with E-state index in [1.807, 2.05) is 13.8 Å². The zero-order valence-electron chi connectivity index (χ0n) is 15.5. The number of phenols is 1. The van der Waals surface area contributed by atoms with Crippen LogP contribution in [0.5, 0.6) is 11.5 Å². The fourth-order valence-electron chi connectivity index (χ4n) is 2.81. The number of ether oxygens (including phenoxy) is 1. The van der Waals surface area contributed by atoms with Crippen LogP contribution < -0.4 is 4.74 Å². The van der Waals surface area contributed by atoms with E-state index in [1.165, 1.54) is 18.2 Å². The molecule has 0 aliphatic carbocycles. The molecule has 0 aliphatic heterocycles.